The number of ether oxygens (including phenoxy) is 1. The van der Waals surface area contributed by atoms with Gasteiger partial charge in [-0.25, -0.2) is 0 Å². The zero-order chi connectivity index (χ0) is 12.8. The van der Waals surface area contributed by atoms with Crippen molar-refractivity contribution < 1.29 is 9.53 Å². The summed E-state index contributed by atoms with van der Waals surface area (Å²) in [6.45, 7) is 0.509. The molecule has 0 aliphatic rings. The van der Waals surface area contributed by atoms with Crippen molar-refractivity contribution in [2.45, 2.75) is 6.54 Å². The van der Waals surface area contributed by atoms with Crippen molar-refractivity contribution >= 4 is 6.41 Å². The van der Waals surface area contributed by atoms with Crippen LogP contribution in [-0.4, -0.2) is 13.5 Å². The van der Waals surface area contributed by atoms with E-state index in [0.717, 1.165) is 22.4 Å². The van der Waals surface area contributed by atoms with Crippen LogP contribution in [0.5, 0.6) is 5.75 Å². The van der Waals surface area contributed by atoms with E-state index < -0.39 is 0 Å². The summed E-state index contributed by atoms with van der Waals surface area (Å²) in [7, 11) is 1.65. The highest BCUT2D eigenvalue weighted by molar-refractivity contribution is 5.70. The van der Waals surface area contributed by atoms with Gasteiger partial charge >= 0.3 is 0 Å². The number of nitrogens with one attached hydrogen (secondary N) is 1. The van der Waals surface area contributed by atoms with Crippen LogP contribution >= 0.6 is 0 Å². The Labute approximate surface area is 106 Å². The molecule has 0 atom stereocenters. The van der Waals surface area contributed by atoms with Gasteiger partial charge in [-0.05, 0) is 17.2 Å². The van der Waals surface area contributed by atoms with Gasteiger partial charge in [0, 0.05) is 12.1 Å². The third-order valence-electron chi connectivity index (χ3n) is 2.74. The molecule has 0 aromatic heterocycles. The van der Waals surface area contributed by atoms with E-state index in [9.17, 15) is 4.79 Å². The topological polar surface area (TPSA) is 38.3 Å². The molecule has 0 saturated carbocycles. The molecular formula is C15H15NO2. The van der Waals surface area contributed by atoms with Crippen LogP contribution < -0.4 is 10.1 Å². The zero-order valence-corrected chi connectivity index (χ0v) is 10.2. The SMILES string of the molecule is COc1cc(CNC=O)ccc1-c1ccccc1. The average Bonchev–Trinajstić information content (AvgIpc) is 2.45. The van der Waals surface area contributed by atoms with Gasteiger partial charge in [0.1, 0.15) is 5.75 Å². The Morgan fingerprint density at radius 1 is 1.17 bits per heavy atom. The van der Waals surface area contributed by atoms with Crippen LogP contribution in [0.2, 0.25) is 0 Å². The largest absolute Gasteiger partial charge is 0.496 e. The second-order valence-electron chi connectivity index (χ2n) is 3.90. The maximum Gasteiger partial charge on any atom is 0.207 e. The Balaban J connectivity index is 2.34. The van der Waals surface area contributed by atoms with E-state index in [1.807, 2.05) is 48.5 Å². The molecule has 3 nitrogen and oxygen atoms in total. The Kier molecular flexibility index (Phi) is 3.97. The molecule has 1 N–H and O–H groups in total. The molecule has 18 heavy (non-hydrogen) atoms. The number of amides is 1. The van der Waals surface area contributed by atoms with Crippen molar-refractivity contribution in [3.05, 3.63) is 54.1 Å². The molecule has 2 rings (SSSR count). The first-order chi connectivity index (χ1) is 8.85. The first kappa shape index (κ1) is 12.2. The summed E-state index contributed by atoms with van der Waals surface area (Å²) in [6, 6.07) is 16.0. The van der Waals surface area contributed by atoms with Crippen LogP contribution in [0, 0.1) is 0 Å². The van der Waals surface area contributed by atoms with Crippen molar-refractivity contribution in [3.63, 3.8) is 0 Å². The second kappa shape index (κ2) is 5.87. The number of carbonyl (C=O) groups excluding carboxylic acids is 1. The molecule has 0 radical (unpaired) electrons. The molecule has 0 spiro atoms. The van der Waals surface area contributed by atoms with Crippen LogP contribution in [0.3, 0.4) is 0 Å². The minimum absolute atomic E-state index is 0.509. The highest BCUT2D eigenvalue weighted by Crippen LogP contribution is 2.30. The molecule has 2 aromatic rings. The maximum atomic E-state index is 10.3. The highest BCUT2D eigenvalue weighted by atomic mass is 16.5. The van der Waals surface area contributed by atoms with Gasteiger partial charge in [0.2, 0.25) is 6.41 Å². The molecule has 2 aromatic carbocycles. The molecular weight excluding hydrogens is 226 g/mol. The molecule has 0 heterocycles. The van der Waals surface area contributed by atoms with Crippen LogP contribution in [0.25, 0.3) is 11.1 Å². The lowest BCUT2D eigenvalue weighted by atomic mass is 10.0. The Hall–Kier alpha value is -2.29. The number of carbonyl (C=O) groups is 1. The van der Waals surface area contributed by atoms with Gasteiger partial charge in [-0.3, -0.25) is 4.79 Å². The lowest BCUT2D eigenvalue weighted by Gasteiger charge is -2.10. The number of methoxy groups -OCH3 is 1. The molecule has 92 valence electrons. The fraction of sp³-hybridized carbons (Fsp3) is 0.133. The number of benzene rings is 2. The van der Waals surface area contributed by atoms with Gasteiger partial charge in [0.25, 0.3) is 0 Å². The summed E-state index contributed by atoms with van der Waals surface area (Å²) in [4.78, 5) is 10.3. The van der Waals surface area contributed by atoms with E-state index in [1.165, 1.54) is 0 Å². The third-order valence-corrected chi connectivity index (χ3v) is 2.74. The molecule has 0 aliphatic carbocycles. The van der Waals surface area contributed by atoms with Crippen molar-refractivity contribution in [2.75, 3.05) is 7.11 Å². The summed E-state index contributed by atoms with van der Waals surface area (Å²) in [6.07, 6.45) is 0.692. The Bertz CT molecular complexity index is 523. The minimum Gasteiger partial charge on any atom is -0.496 e. The highest BCUT2D eigenvalue weighted by Gasteiger charge is 2.06. The summed E-state index contributed by atoms with van der Waals surface area (Å²) < 4.78 is 5.40. The van der Waals surface area contributed by atoms with Gasteiger partial charge in [0.15, 0.2) is 0 Å². The van der Waals surface area contributed by atoms with E-state index in [-0.39, 0.29) is 0 Å². The zero-order valence-electron chi connectivity index (χ0n) is 10.2. The van der Waals surface area contributed by atoms with Gasteiger partial charge in [0.05, 0.1) is 7.11 Å². The van der Waals surface area contributed by atoms with E-state index in [0.29, 0.717) is 13.0 Å². The monoisotopic (exact) mass is 241 g/mol. The quantitative estimate of drug-likeness (QED) is 0.817. The molecule has 0 aliphatic heterocycles. The van der Waals surface area contributed by atoms with E-state index >= 15 is 0 Å². The van der Waals surface area contributed by atoms with Crippen molar-refractivity contribution in [2.24, 2.45) is 0 Å². The standard InChI is InChI=1S/C15H15NO2/c1-18-15-9-12(10-16-11-17)7-8-14(15)13-5-3-2-4-6-13/h2-9,11H,10H2,1H3,(H,16,17). The first-order valence-electron chi connectivity index (χ1n) is 5.74. The first-order valence-corrected chi connectivity index (χ1v) is 5.74. The molecule has 0 bridgehead atoms. The van der Waals surface area contributed by atoms with E-state index in [4.69, 9.17) is 4.74 Å². The predicted octanol–water partition coefficient (Wildman–Crippen LogP) is 2.61. The van der Waals surface area contributed by atoms with Gasteiger partial charge < -0.3 is 10.1 Å². The molecule has 3 heteroatoms. The molecule has 0 unspecified atom stereocenters. The van der Waals surface area contributed by atoms with Crippen LogP contribution in [0.4, 0.5) is 0 Å². The fourth-order valence-electron chi connectivity index (χ4n) is 1.86. The number of rotatable bonds is 5. The molecule has 0 fully saturated rings. The lowest BCUT2D eigenvalue weighted by molar-refractivity contribution is -0.109. The van der Waals surface area contributed by atoms with Crippen LogP contribution in [-0.2, 0) is 11.3 Å². The summed E-state index contributed by atoms with van der Waals surface area (Å²) in [5.74, 6) is 0.811. The van der Waals surface area contributed by atoms with Crippen molar-refractivity contribution in [1.29, 1.82) is 0 Å². The van der Waals surface area contributed by atoms with E-state index in [1.54, 1.807) is 7.11 Å². The van der Waals surface area contributed by atoms with Crippen molar-refractivity contribution in [1.82, 2.24) is 5.32 Å². The van der Waals surface area contributed by atoms with Gasteiger partial charge in [-0.15, -0.1) is 0 Å². The number of hydrogen-bond acceptors (Lipinski definition) is 2. The Morgan fingerprint density at radius 3 is 2.61 bits per heavy atom. The second-order valence-corrected chi connectivity index (χ2v) is 3.90. The number of hydrogen-bond donors (Lipinski definition) is 1. The van der Waals surface area contributed by atoms with E-state index in [2.05, 4.69) is 5.32 Å². The predicted molar refractivity (Wildman–Crippen MR) is 71.3 cm³/mol. The van der Waals surface area contributed by atoms with Gasteiger partial charge in [-0.1, -0.05) is 42.5 Å². The summed E-state index contributed by atoms with van der Waals surface area (Å²) >= 11 is 0. The average molecular weight is 241 g/mol. The normalized spacial score (nSPS) is 9.83. The Morgan fingerprint density at radius 2 is 1.94 bits per heavy atom. The third kappa shape index (κ3) is 2.69. The smallest absolute Gasteiger partial charge is 0.207 e. The van der Waals surface area contributed by atoms with Crippen LogP contribution in [0.15, 0.2) is 48.5 Å². The van der Waals surface area contributed by atoms with Gasteiger partial charge in [-0.2, -0.15) is 0 Å². The minimum atomic E-state index is 0.509. The van der Waals surface area contributed by atoms with Crippen LogP contribution in [0.1, 0.15) is 5.56 Å². The summed E-state index contributed by atoms with van der Waals surface area (Å²) in [5, 5.41) is 2.64. The molecule has 1 amide bonds. The fourth-order valence-corrected chi connectivity index (χ4v) is 1.86. The lowest BCUT2D eigenvalue weighted by Crippen LogP contribution is -2.09. The van der Waals surface area contributed by atoms with Crippen molar-refractivity contribution in [3.8, 4) is 16.9 Å². The maximum absolute atomic E-state index is 10.3. The summed E-state index contributed by atoms with van der Waals surface area (Å²) in [5.41, 5.74) is 3.18. The molecule has 0 saturated heterocycles.